The Bertz CT molecular complexity index is 1920. The molecule has 0 saturated carbocycles. The smallest absolute Gasteiger partial charge is 0.373 e. The van der Waals surface area contributed by atoms with E-state index in [1.165, 1.54) is 7.11 Å². The number of aliphatic imine (C=N–C) groups is 3. The zero-order valence-corrected chi connectivity index (χ0v) is 27.6. The summed E-state index contributed by atoms with van der Waals surface area (Å²) in [6.45, 7) is 13.7. The van der Waals surface area contributed by atoms with Crippen LogP contribution >= 0.6 is 0 Å². The molecule has 5 heterocycles. The number of fused-ring (bicyclic) bond motifs is 5. The van der Waals surface area contributed by atoms with Crippen molar-refractivity contribution in [1.29, 1.82) is 0 Å². The lowest BCUT2D eigenvalue weighted by Crippen LogP contribution is -2.28. The maximum atomic E-state index is 13.4. The topological polar surface area (TPSA) is 163 Å². The summed E-state index contributed by atoms with van der Waals surface area (Å²) in [5.74, 6) is -4.54. The van der Waals surface area contributed by atoms with Gasteiger partial charge in [0.25, 0.3) is 0 Å². The largest absolute Gasteiger partial charge is 0.501 e. The summed E-state index contributed by atoms with van der Waals surface area (Å²) in [6, 6.07) is 0. The van der Waals surface area contributed by atoms with Gasteiger partial charge in [0, 0.05) is 40.9 Å². The Morgan fingerprint density at radius 3 is 2.30 bits per heavy atom. The third-order valence-corrected chi connectivity index (χ3v) is 9.23. The molecule has 0 spiro atoms. The number of carboxylic acids is 1. The van der Waals surface area contributed by atoms with Gasteiger partial charge < -0.3 is 24.7 Å². The molecular weight excluding hydrogens is 600 g/mol. The first-order valence-corrected chi connectivity index (χ1v) is 15.4. The van der Waals surface area contributed by atoms with Crippen LogP contribution in [0.5, 0.6) is 0 Å². The monoisotopic (exact) mass is 638 g/mol. The molecule has 1 aromatic rings. The van der Waals surface area contributed by atoms with E-state index in [0.29, 0.717) is 29.1 Å². The number of aliphatic carboxylic acids is 1. The van der Waals surface area contributed by atoms with E-state index >= 15 is 0 Å². The van der Waals surface area contributed by atoms with E-state index in [1.807, 2.05) is 39.8 Å². The molecule has 11 nitrogen and oxygen atoms in total. The van der Waals surface area contributed by atoms with Crippen molar-refractivity contribution in [3.8, 4) is 0 Å². The van der Waals surface area contributed by atoms with Crippen LogP contribution < -0.4 is 0 Å². The number of aromatic nitrogens is 1. The minimum Gasteiger partial charge on any atom is -0.501 e. The van der Waals surface area contributed by atoms with Gasteiger partial charge in [0.2, 0.25) is 5.76 Å². The number of hydrogen-bond acceptors (Lipinski definition) is 9. The number of esters is 2. The highest BCUT2D eigenvalue weighted by atomic mass is 16.5. The van der Waals surface area contributed by atoms with Crippen molar-refractivity contribution in [2.45, 2.75) is 53.9 Å². The number of aromatic amines is 1. The maximum absolute atomic E-state index is 13.4. The van der Waals surface area contributed by atoms with E-state index in [1.54, 1.807) is 19.1 Å². The minimum absolute atomic E-state index is 0.0245. The van der Waals surface area contributed by atoms with Crippen LogP contribution in [0.1, 0.15) is 69.5 Å². The quantitative estimate of drug-likeness (QED) is 0.181. The van der Waals surface area contributed by atoms with Crippen LogP contribution in [0.2, 0.25) is 0 Å². The number of carbonyl (C=O) groups is 3. The van der Waals surface area contributed by atoms with Crippen molar-refractivity contribution < 1.29 is 34.1 Å². The number of allylic oxidation sites excluding steroid dienone is 6. The van der Waals surface area contributed by atoms with Gasteiger partial charge >= 0.3 is 17.9 Å². The van der Waals surface area contributed by atoms with E-state index in [4.69, 9.17) is 24.5 Å². The molecule has 0 radical (unpaired) electrons. The van der Waals surface area contributed by atoms with Gasteiger partial charge in [-0.2, -0.15) is 0 Å². The molecule has 0 aliphatic carbocycles. The Kier molecular flexibility index (Phi) is 9.02. The number of aliphatic hydroxyl groups excluding tert-OH is 1. The zero-order chi connectivity index (χ0) is 34.3. The first kappa shape index (κ1) is 33.1. The normalized spacial score (nSPS) is 21.4. The molecule has 3 N–H and O–H groups in total. The summed E-state index contributed by atoms with van der Waals surface area (Å²) in [7, 11) is 2.36. The van der Waals surface area contributed by atoms with Crippen molar-refractivity contribution in [3.05, 3.63) is 85.9 Å². The molecule has 0 unspecified atom stereocenters. The van der Waals surface area contributed by atoms with Crippen LogP contribution in [0.25, 0.3) is 18.2 Å². The third-order valence-electron chi connectivity index (χ3n) is 9.23. The highest BCUT2D eigenvalue weighted by Crippen LogP contribution is 2.42. The fourth-order valence-corrected chi connectivity index (χ4v) is 6.55. The lowest BCUT2D eigenvalue weighted by atomic mass is 9.81. The number of nitrogens with zero attached hydrogens (tertiary/aromatic N) is 3. The van der Waals surface area contributed by atoms with Gasteiger partial charge in [-0.1, -0.05) is 26.5 Å². The van der Waals surface area contributed by atoms with Crippen LogP contribution in [0.3, 0.4) is 0 Å². The first-order chi connectivity index (χ1) is 22.4. The summed E-state index contributed by atoms with van der Waals surface area (Å²) in [5.41, 5.74) is 8.31. The molecule has 2 atom stereocenters. The highest BCUT2D eigenvalue weighted by Gasteiger charge is 2.42. The van der Waals surface area contributed by atoms with Crippen molar-refractivity contribution in [2.24, 2.45) is 26.8 Å². The Hall–Kier alpha value is -5.32. The van der Waals surface area contributed by atoms with Gasteiger partial charge in [-0.25, -0.2) is 19.6 Å². The molecule has 0 amide bonds. The zero-order valence-electron chi connectivity index (χ0n) is 27.6. The number of aliphatic hydroxyl groups is 1. The van der Waals surface area contributed by atoms with E-state index in [-0.39, 0.29) is 41.3 Å². The molecule has 0 fully saturated rings. The van der Waals surface area contributed by atoms with E-state index < -0.39 is 29.6 Å². The van der Waals surface area contributed by atoms with Gasteiger partial charge in [-0.15, -0.1) is 0 Å². The van der Waals surface area contributed by atoms with Crippen LogP contribution in [-0.4, -0.2) is 64.5 Å². The minimum atomic E-state index is -1.07. The van der Waals surface area contributed by atoms with E-state index in [0.717, 1.165) is 46.5 Å². The summed E-state index contributed by atoms with van der Waals surface area (Å²) in [5, 5.41) is 21.1. The number of carboxylic acid groups (broad SMARTS) is 1. The van der Waals surface area contributed by atoms with Crippen LogP contribution in [-0.2, 0) is 23.9 Å². The highest BCUT2D eigenvalue weighted by molar-refractivity contribution is 6.41. The lowest BCUT2D eigenvalue weighted by molar-refractivity contribution is -0.139. The van der Waals surface area contributed by atoms with Crippen molar-refractivity contribution >= 4 is 53.3 Å². The molecule has 47 heavy (non-hydrogen) atoms. The molecule has 4 aliphatic rings. The number of H-pyrrole nitrogens is 1. The second kappa shape index (κ2) is 12.8. The molecule has 8 bridgehead atoms. The van der Waals surface area contributed by atoms with Gasteiger partial charge in [0.1, 0.15) is 0 Å². The predicted molar refractivity (Wildman–Crippen MR) is 181 cm³/mol. The molecule has 0 aromatic carbocycles. The maximum Gasteiger partial charge on any atom is 0.373 e. The molecule has 5 rings (SSSR count). The third kappa shape index (κ3) is 5.66. The van der Waals surface area contributed by atoms with Gasteiger partial charge in [-0.3, -0.25) is 9.79 Å². The van der Waals surface area contributed by atoms with Crippen molar-refractivity contribution in [3.63, 3.8) is 0 Å². The van der Waals surface area contributed by atoms with Crippen molar-refractivity contribution in [2.75, 3.05) is 14.2 Å². The molecule has 11 heteroatoms. The second-order valence-corrected chi connectivity index (χ2v) is 11.8. The number of nitrogens with one attached hydrogen (secondary N) is 1. The Balaban J connectivity index is 1.93. The van der Waals surface area contributed by atoms with Crippen LogP contribution in [0.4, 0.5) is 0 Å². The first-order valence-electron chi connectivity index (χ1n) is 15.4. The number of rotatable bonds is 7. The molecular formula is C36H38N4O7. The second-order valence-electron chi connectivity index (χ2n) is 11.8. The van der Waals surface area contributed by atoms with E-state index in [2.05, 4.69) is 11.6 Å². The van der Waals surface area contributed by atoms with Crippen LogP contribution in [0.15, 0.2) is 78.3 Å². The molecule has 4 aliphatic heterocycles. The average Bonchev–Trinajstić information content (AvgIpc) is 3.72. The Morgan fingerprint density at radius 1 is 0.979 bits per heavy atom. The lowest BCUT2D eigenvalue weighted by Gasteiger charge is -2.20. The van der Waals surface area contributed by atoms with Gasteiger partial charge in [0.15, 0.2) is 0 Å². The molecule has 1 aromatic heterocycles. The molecule has 0 saturated heterocycles. The summed E-state index contributed by atoms with van der Waals surface area (Å²) in [4.78, 5) is 56.3. The van der Waals surface area contributed by atoms with E-state index in [9.17, 15) is 24.6 Å². The number of ether oxygens (including phenoxy) is 2. The number of hydrogen-bond donors (Lipinski definition) is 3. The fraction of sp³-hybridized carbons (Fsp3) is 0.333. The van der Waals surface area contributed by atoms with Gasteiger partial charge in [0.05, 0.1) is 53.9 Å². The van der Waals surface area contributed by atoms with Gasteiger partial charge in [-0.05, 0) is 74.1 Å². The summed E-state index contributed by atoms with van der Waals surface area (Å²) in [6.07, 6.45) is 8.04. The number of carbonyl (C=O) groups excluding carboxylic acids is 2. The average molecular weight is 639 g/mol. The predicted octanol–water partition coefficient (Wildman–Crippen LogP) is 6.23. The Labute approximate surface area is 272 Å². The summed E-state index contributed by atoms with van der Waals surface area (Å²) >= 11 is 0. The standard InChI is InChI=1S/C36H38N4O7/c1-9-20-16(3)23-13-25-18(5)22(11-12-29(41)42)32(39-25)31(34(43)36(45)47-8)33-30(35(44)46-7)19(6)26(40-33)15-28-21(10-2)17(4)24(38-28)14-27(20)37-23/h9,13-15,18,22,37,43H,1,10-12H2,2-8H3,(H,41,42)/t18-,22-/m0/s1. The fourth-order valence-electron chi connectivity index (χ4n) is 6.55. The SMILES string of the molecule is C=Cc1c2[nH]c(c1C)C=C1N=C(C(=C(O)C(=O)OC)C3=NC(=CC4=NC(=C2)C(C)=C4CC)C(C)=C3C(=O)OC)[C@@H](CCC(=O)O)[C@@H]1C. The summed E-state index contributed by atoms with van der Waals surface area (Å²) < 4.78 is 10.1. The Morgan fingerprint density at radius 2 is 1.68 bits per heavy atom. The van der Waals surface area contributed by atoms with Crippen LogP contribution in [0, 0.1) is 18.8 Å². The van der Waals surface area contributed by atoms with Crippen molar-refractivity contribution in [1.82, 2.24) is 4.98 Å². The molecule has 244 valence electrons. The number of methoxy groups -OCH3 is 2.